The number of aromatic hydroxyl groups is 1. The van der Waals surface area contributed by atoms with Crippen molar-refractivity contribution < 1.29 is 19.9 Å². The first kappa shape index (κ1) is 24.0. The van der Waals surface area contributed by atoms with Gasteiger partial charge >= 0.3 is 0 Å². The molecule has 0 aliphatic rings. The van der Waals surface area contributed by atoms with Crippen molar-refractivity contribution in [3.05, 3.63) is 101 Å². The third kappa shape index (κ3) is 6.43. The molecular weight excluding hydrogens is 416 g/mol. The molecule has 0 saturated carbocycles. The maximum atomic E-state index is 12.4. The molecule has 0 radical (unpaired) electrons. The highest BCUT2D eigenvalue weighted by atomic mass is 16.5. The van der Waals surface area contributed by atoms with Gasteiger partial charge in [-0.15, -0.1) is 0 Å². The molecule has 0 bridgehead atoms. The molecule has 3 rings (SSSR count). The lowest BCUT2D eigenvalue weighted by Gasteiger charge is -2.26. The van der Waals surface area contributed by atoms with E-state index in [1.807, 2.05) is 54.6 Å². The minimum Gasteiger partial charge on any atom is -0.507 e. The summed E-state index contributed by atoms with van der Waals surface area (Å²) in [5, 5.41) is 22.0. The van der Waals surface area contributed by atoms with E-state index in [1.165, 1.54) is 6.07 Å². The van der Waals surface area contributed by atoms with Crippen molar-refractivity contribution in [1.82, 2.24) is 10.8 Å². The summed E-state index contributed by atoms with van der Waals surface area (Å²) in [5.74, 6) is -1.43. The Morgan fingerprint density at radius 2 is 1.58 bits per heavy atom. The molecule has 0 heterocycles. The van der Waals surface area contributed by atoms with Crippen LogP contribution in [0.15, 0.2) is 78.9 Å². The lowest BCUT2D eigenvalue weighted by molar-refractivity contribution is -0.129. The van der Waals surface area contributed by atoms with E-state index in [9.17, 15) is 19.9 Å². The zero-order chi connectivity index (χ0) is 23.8. The minimum absolute atomic E-state index is 0.0361. The Balaban J connectivity index is 1.67. The van der Waals surface area contributed by atoms with Gasteiger partial charge in [-0.05, 0) is 47.1 Å². The van der Waals surface area contributed by atoms with Gasteiger partial charge in [-0.1, -0.05) is 80.6 Å². The molecule has 0 saturated heterocycles. The number of hydroxylamine groups is 1. The molecule has 33 heavy (non-hydrogen) atoms. The maximum Gasteiger partial charge on any atom is 0.255 e. The Bertz CT molecular complexity index is 1100. The molecule has 0 aliphatic heterocycles. The zero-order valence-electron chi connectivity index (χ0n) is 18.9. The Kier molecular flexibility index (Phi) is 7.85. The lowest BCUT2D eigenvalue weighted by Crippen LogP contribution is -2.29. The number of amides is 2. The number of hydrogen-bond acceptors (Lipinski definition) is 4. The number of phenols is 1. The van der Waals surface area contributed by atoms with Crippen LogP contribution < -0.4 is 10.8 Å². The summed E-state index contributed by atoms with van der Waals surface area (Å²) in [4.78, 5) is 24.8. The van der Waals surface area contributed by atoms with E-state index < -0.39 is 11.8 Å². The number of benzene rings is 3. The molecule has 3 aromatic rings. The summed E-state index contributed by atoms with van der Waals surface area (Å²) in [5.41, 5.74) is 4.60. The molecule has 0 fully saturated rings. The molecule has 172 valence electrons. The summed E-state index contributed by atoms with van der Waals surface area (Å²) < 4.78 is 0. The van der Waals surface area contributed by atoms with Gasteiger partial charge < -0.3 is 10.4 Å². The fourth-order valence-electron chi connectivity index (χ4n) is 4.00. The van der Waals surface area contributed by atoms with Crippen molar-refractivity contribution >= 4 is 11.8 Å². The van der Waals surface area contributed by atoms with Gasteiger partial charge in [0.15, 0.2) is 0 Å². The van der Waals surface area contributed by atoms with Crippen LogP contribution in [-0.4, -0.2) is 28.7 Å². The van der Waals surface area contributed by atoms with Crippen molar-refractivity contribution in [3.63, 3.8) is 0 Å². The fourth-order valence-corrected chi connectivity index (χ4v) is 4.00. The monoisotopic (exact) mass is 446 g/mol. The van der Waals surface area contributed by atoms with E-state index in [2.05, 4.69) is 19.2 Å². The second kappa shape index (κ2) is 10.8. The fraction of sp³-hybridized carbons (Fsp3) is 0.259. The molecule has 1 atom stereocenters. The first-order valence-corrected chi connectivity index (χ1v) is 10.9. The SMILES string of the molecule is CC(C)(CCNC(=O)c1ccccc1O)Cc1cccc(C(C(=O)NO)c2ccccc2)c1. The summed E-state index contributed by atoms with van der Waals surface area (Å²) >= 11 is 0. The second-order valence-corrected chi connectivity index (χ2v) is 8.93. The number of phenolic OH excluding ortho intramolecular Hbond substituents is 1. The number of nitrogens with one attached hydrogen (secondary N) is 2. The van der Waals surface area contributed by atoms with Crippen molar-refractivity contribution in [2.75, 3.05) is 6.54 Å². The lowest BCUT2D eigenvalue weighted by atomic mass is 9.81. The number of hydrogen-bond donors (Lipinski definition) is 4. The Labute approximate surface area is 194 Å². The van der Waals surface area contributed by atoms with Gasteiger partial charge in [-0.2, -0.15) is 0 Å². The minimum atomic E-state index is -0.614. The van der Waals surface area contributed by atoms with E-state index >= 15 is 0 Å². The highest BCUT2D eigenvalue weighted by Crippen LogP contribution is 2.30. The van der Waals surface area contributed by atoms with Gasteiger partial charge in [0.05, 0.1) is 11.5 Å². The normalized spacial score (nSPS) is 12.1. The molecule has 6 nitrogen and oxygen atoms in total. The molecule has 2 amide bonds. The standard InChI is InChI=1S/C27H30N2O4/c1-27(2,15-16-28-25(31)22-13-6-7-14-23(22)30)18-19-9-8-12-21(17-19)24(26(32)29-33)20-10-4-3-5-11-20/h3-14,17,24,30,33H,15-16,18H2,1-2H3,(H,28,31)(H,29,32). The molecule has 4 N–H and O–H groups in total. The van der Waals surface area contributed by atoms with Crippen LogP contribution in [0, 0.1) is 5.41 Å². The quantitative estimate of drug-likeness (QED) is 0.289. The first-order valence-electron chi connectivity index (χ1n) is 10.9. The van der Waals surface area contributed by atoms with E-state index in [4.69, 9.17) is 0 Å². The molecule has 0 spiro atoms. The van der Waals surface area contributed by atoms with Crippen molar-refractivity contribution in [2.24, 2.45) is 5.41 Å². The largest absolute Gasteiger partial charge is 0.507 e. The van der Waals surface area contributed by atoms with Crippen LogP contribution >= 0.6 is 0 Å². The van der Waals surface area contributed by atoms with E-state index in [1.54, 1.807) is 23.7 Å². The summed E-state index contributed by atoms with van der Waals surface area (Å²) in [6.07, 6.45) is 1.48. The van der Waals surface area contributed by atoms with Crippen LogP contribution in [0.5, 0.6) is 5.75 Å². The zero-order valence-corrected chi connectivity index (χ0v) is 18.9. The van der Waals surface area contributed by atoms with E-state index in [0.29, 0.717) is 6.54 Å². The summed E-state index contributed by atoms with van der Waals surface area (Å²) in [7, 11) is 0. The van der Waals surface area contributed by atoms with Gasteiger partial charge in [-0.3, -0.25) is 14.8 Å². The predicted octanol–water partition coefficient (Wildman–Crippen LogP) is 4.42. The Morgan fingerprint density at radius 1 is 0.909 bits per heavy atom. The third-order valence-corrected chi connectivity index (χ3v) is 5.71. The second-order valence-electron chi connectivity index (χ2n) is 8.93. The average Bonchev–Trinajstić information content (AvgIpc) is 2.80. The molecule has 1 unspecified atom stereocenters. The van der Waals surface area contributed by atoms with Crippen LogP contribution in [0.3, 0.4) is 0 Å². The number of carbonyl (C=O) groups is 2. The first-order chi connectivity index (χ1) is 15.8. The summed E-state index contributed by atoms with van der Waals surface area (Å²) in [6, 6.07) is 23.6. The third-order valence-electron chi connectivity index (χ3n) is 5.71. The molecule has 0 aliphatic carbocycles. The van der Waals surface area contributed by atoms with Crippen LogP contribution in [0.4, 0.5) is 0 Å². The topological polar surface area (TPSA) is 98.7 Å². The van der Waals surface area contributed by atoms with Crippen LogP contribution in [0.2, 0.25) is 0 Å². The molecule has 3 aromatic carbocycles. The molecular formula is C27H30N2O4. The number of carbonyl (C=O) groups excluding carboxylic acids is 2. The van der Waals surface area contributed by atoms with Gasteiger partial charge in [0, 0.05) is 6.54 Å². The van der Waals surface area contributed by atoms with Gasteiger partial charge in [0.25, 0.3) is 11.8 Å². The molecule has 6 heteroatoms. The van der Waals surface area contributed by atoms with Gasteiger partial charge in [0.2, 0.25) is 0 Å². The Hall–Kier alpha value is -3.64. The highest BCUT2D eigenvalue weighted by Gasteiger charge is 2.24. The van der Waals surface area contributed by atoms with Crippen molar-refractivity contribution in [2.45, 2.75) is 32.6 Å². The average molecular weight is 447 g/mol. The Morgan fingerprint density at radius 3 is 2.27 bits per heavy atom. The number of rotatable bonds is 9. The van der Waals surface area contributed by atoms with Gasteiger partial charge in [0.1, 0.15) is 5.75 Å². The number of para-hydroxylation sites is 1. The van der Waals surface area contributed by atoms with Crippen LogP contribution in [0.25, 0.3) is 0 Å². The summed E-state index contributed by atoms with van der Waals surface area (Å²) in [6.45, 7) is 4.72. The smallest absolute Gasteiger partial charge is 0.255 e. The van der Waals surface area contributed by atoms with Gasteiger partial charge in [-0.25, -0.2) is 5.48 Å². The van der Waals surface area contributed by atoms with Crippen molar-refractivity contribution in [1.29, 1.82) is 0 Å². The predicted molar refractivity (Wildman–Crippen MR) is 127 cm³/mol. The van der Waals surface area contributed by atoms with Crippen LogP contribution in [0.1, 0.15) is 53.2 Å². The van der Waals surface area contributed by atoms with Crippen molar-refractivity contribution in [3.8, 4) is 5.75 Å². The maximum absolute atomic E-state index is 12.4. The van der Waals surface area contributed by atoms with E-state index in [-0.39, 0.29) is 22.6 Å². The highest BCUT2D eigenvalue weighted by molar-refractivity contribution is 5.96. The molecule has 0 aromatic heterocycles. The van der Waals surface area contributed by atoms with E-state index in [0.717, 1.165) is 29.5 Å². The van der Waals surface area contributed by atoms with Crippen LogP contribution in [-0.2, 0) is 11.2 Å².